The Morgan fingerprint density at radius 3 is 2.44 bits per heavy atom. The smallest absolute Gasteiger partial charge is 0.176 e. The van der Waals surface area contributed by atoms with E-state index in [9.17, 15) is 0 Å². The van der Waals surface area contributed by atoms with Crippen LogP contribution in [0.3, 0.4) is 0 Å². The molecule has 0 radical (unpaired) electrons. The highest BCUT2D eigenvalue weighted by Crippen LogP contribution is 2.45. The Labute approximate surface area is 154 Å². The summed E-state index contributed by atoms with van der Waals surface area (Å²) in [4.78, 5) is 2.51. The van der Waals surface area contributed by atoms with E-state index in [1.165, 1.54) is 5.69 Å². The normalized spacial score (nSPS) is 26.8. The number of nitrogens with one attached hydrogen (secondary N) is 1. The first-order valence-electron chi connectivity index (χ1n) is 8.95. The quantitative estimate of drug-likeness (QED) is 0.844. The number of hydrogen-bond donors (Lipinski definition) is 1. The molecular weight excluding hydrogens is 330 g/mol. The Morgan fingerprint density at radius 1 is 1.00 bits per heavy atom. The van der Waals surface area contributed by atoms with Gasteiger partial charge in [-0.1, -0.05) is 30.3 Å². The SMILES string of the molecule is CC1CN(CC2Oc3ccccc3N(c3ccccc3)S2)CC(C)N1. The second-order valence-corrected chi connectivity index (χ2v) is 8.04. The molecule has 3 unspecified atom stereocenters. The van der Waals surface area contributed by atoms with Crippen molar-refractivity contribution in [3.63, 3.8) is 0 Å². The molecule has 0 bridgehead atoms. The van der Waals surface area contributed by atoms with Crippen molar-refractivity contribution in [3.05, 3.63) is 54.6 Å². The van der Waals surface area contributed by atoms with Gasteiger partial charge in [-0.3, -0.25) is 9.21 Å². The molecule has 4 rings (SSSR count). The first-order valence-corrected chi connectivity index (χ1v) is 9.79. The molecule has 2 heterocycles. The molecule has 5 heteroatoms. The van der Waals surface area contributed by atoms with Gasteiger partial charge in [0, 0.05) is 43.7 Å². The van der Waals surface area contributed by atoms with Crippen LogP contribution in [0.15, 0.2) is 54.6 Å². The first-order chi connectivity index (χ1) is 12.2. The Kier molecular flexibility index (Phi) is 4.88. The van der Waals surface area contributed by atoms with Crippen LogP contribution in [0.4, 0.5) is 11.4 Å². The molecule has 0 aliphatic carbocycles. The molecule has 1 fully saturated rings. The molecule has 132 valence electrons. The van der Waals surface area contributed by atoms with Crippen molar-refractivity contribution in [2.75, 3.05) is 23.9 Å². The molecule has 1 saturated heterocycles. The van der Waals surface area contributed by atoms with E-state index in [1.54, 1.807) is 11.9 Å². The predicted octanol–water partition coefficient (Wildman–Crippen LogP) is 3.87. The maximum atomic E-state index is 6.32. The van der Waals surface area contributed by atoms with Gasteiger partial charge in [0.15, 0.2) is 5.44 Å². The van der Waals surface area contributed by atoms with Gasteiger partial charge in [-0.2, -0.15) is 0 Å². The molecule has 4 nitrogen and oxygen atoms in total. The van der Waals surface area contributed by atoms with Gasteiger partial charge >= 0.3 is 0 Å². The molecule has 2 aliphatic rings. The number of para-hydroxylation sites is 3. The fourth-order valence-electron chi connectivity index (χ4n) is 3.70. The van der Waals surface area contributed by atoms with Crippen LogP contribution in [0.25, 0.3) is 0 Å². The number of piperazine rings is 1. The van der Waals surface area contributed by atoms with Crippen LogP contribution in [0.1, 0.15) is 13.8 Å². The van der Waals surface area contributed by atoms with Crippen LogP contribution in [0.2, 0.25) is 0 Å². The average molecular weight is 356 g/mol. The van der Waals surface area contributed by atoms with E-state index in [1.807, 2.05) is 6.07 Å². The Balaban J connectivity index is 1.55. The van der Waals surface area contributed by atoms with Crippen molar-refractivity contribution in [2.24, 2.45) is 0 Å². The van der Waals surface area contributed by atoms with Gasteiger partial charge < -0.3 is 10.1 Å². The summed E-state index contributed by atoms with van der Waals surface area (Å²) in [5, 5.41) is 3.60. The minimum absolute atomic E-state index is 0.0904. The van der Waals surface area contributed by atoms with E-state index in [0.717, 1.165) is 31.1 Å². The topological polar surface area (TPSA) is 27.7 Å². The van der Waals surface area contributed by atoms with Crippen LogP contribution in [-0.4, -0.2) is 42.1 Å². The van der Waals surface area contributed by atoms with Crippen LogP contribution in [0, 0.1) is 0 Å². The maximum Gasteiger partial charge on any atom is 0.176 e. The van der Waals surface area contributed by atoms with Gasteiger partial charge in [-0.05, 0) is 38.1 Å². The van der Waals surface area contributed by atoms with Gasteiger partial charge in [0.2, 0.25) is 0 Å². The average Bonchev–Trinajstić information content (AvgIpc) is 2.61. The Hall–Kier alpha value is -1.69. The van der Waals surface area contributed by atoms with E-state index in [-0.39, 0.29) is 5.44 Å². The van der Waals surface area contributed by atoms with Crippen molar-refractivity contribution >= 4 is 23.3 Å². The highest BCUT2D eigenvalue weighted by Gasteiger charge is 2.31. The first kappa shape index (κ1) is 16.8. The minimum Gasteiger partial charge on any atom is -0.474 e. The fourth-order valence-corrected chi connectivity index (χ4v) is 4.86. The number of fused-ring (bicyclic) bond motifs is 1. The number of benzene rings is 2. The van der Waals surface area contributed by atoms with E-state index in [4.69, 9.17) is 4.74 Å². The van der Waals surface area contributed by atoms with Gasteiger partial charge in [0.25, 0.3) is 0 Å². The molecule has 25 heavy (non-hydrogen) atoms. The lowest BCUT2D eigenvalue weighted by atomic mass is 10.1. The summed E-state index contributed by atoms with van der Waals surface area (Å²) in [6.07, 6.45) is 0. The van der Waals surface area contributed by atoms with Crippen LogP contribution in [-0.2, 0) is 0 Å². The molecule has 1 N–H and O–H groups in total. The number of ether oxygens (including phenoxy) is 1. The zero-order chi connectivity index (χ0) is 17.2. The van der Waals surface area contributed by atoms with Crippen molar-refractivity contribution in [2.45, 2.75) is 31.4 Å². The van der Waals surface area contributed by atoms with Gasteiger partial charge in [0.1, 0.15) is 5.75 Å². The third kappa shape index (κ3) is 3.78. The number of rotatable bonds is 3. The second-order valence-electron chi connectivity index (χ2n) is 6.94. The van der Waals surface area contributed by atoms with Gasteiger partial charge in [-0.25, -0.2) is 0 Å². The zero-order valence-electron chi connectivity index (χ0n) is 14.8. The van der Waals surface area contributed by atoms with Crippen LogP contribution >= 0.6 is 11.9 Å². The highest BCUT2D eigenvalue weighted by atomic mass is 32.2. The predicted molar refractivity (Wildman–Crippen MR) is 106 cm³/mol. The van der Waals surface area contributed by atoms with Gasteiger partial charge in [0.05, 0.1) is 11.4 Å². The lowest BCUT2D eigenvalue weighted by molar-refractivity contribution is 0.134. The molecule has 3 atom stereocenters. The summed E-state index contributed by atoms with van der Waals surface area (Å²) in [6, 6.07) is 19.9. The van der Waals surface area contributed by atoms with E-state index < -0.39 is 0 Å². The van der Waals surface area contributed by atoms with Crippen molar-refractivity contribution < 1.29 is 4.74 Å². The summed E-state index contributed by atoms with van der Waals surface area (Å²) in [5.41, 5.74) is 2.40. The molecule has 0 saturated carbocycles. The third-order valence-corrected chi connectivity index (χ3v) is 5.70. The van der Waals surface area contributed by atoms with Gasteiger partial charge in [-0.15, -0.1) is 0 Å². The number of nitrogens with zero attached hydrogens (tertiary/aromatic N) is 2. The molecule has 0 spiro atoms. The molecule has 2 aromatic rings. The van der Waals surface area contributed by atoms with Crippen LogP contribution in [0.5, 0.6) is 5.75 Å². The van der Waals surface area contributed by atoms with Crippen molar-refractivity contribution in [1.29, 1.82) is 0 Å². The van der Waals surface area contributed by atoms with E-state index >= 15 is 0 Å². The molecule has 0 amide bonds. The van der Waals surface area contributed by atoms with Crippen molar-refractivity contribution in [3.8, 4) is 5.75 Å². The monoisotopic (exact) mass is 355 g/mol. The number of hydrogen-bond acceptors (Lipinski definition) is 5. The third-order valence-electron chi connectivity index (χ3n) is 4.60. The summed E-state index contributed by atoms with van der Waals surface area (Å²) >= 11 is 1.77. The highest BCUT2D eigenvalue weighted by molar-refractivity contribution is 8.01. The summed E-state index contributed by atoms with van der Waals surface area (Å²) in [5.74, 6) is 0.964. The van der Waals surface area contributed by atoms with Crippen LogP contribution < -0.4 is 14.4 Å². The lowest BCUT2D eigenvalue weighted by Gasteiger charge is -2.40. The molecule has 0 aromatic heterocycles. The standard InChI is InChI=1S/C20H25N3OS/c1-15-12-22(13-16(2)21-15)14-20-24-19-11-7-6-10-18(19)23(25-20)17-8-4-3-5-9-17/h3-11,15-16,20-21H,12-14H2,1-2H3. The van der Waals surface area contributed by atoms with E-state index in [2.05, 4.69) is 76.9 Å². The summed E-state index contributed by atoms with van der Waals surface area (Å²) < 4.78 is 8.62. The largest absolute Gasteiger partial charge is 0.474 e. The Morgan fingerprint density at radius 2 is 1.68 bits per heavy atom. The molecule has 2 aliphatic heterocycles. The minimum atomic E-state index is 0.0904. The molecular formula is C20H25N3OS. The Bertz CT molecular complexity index is 701. The molecule has 2 aromatic carbocycles. The fraction of sp³-hybridized carbons (Fsp3) is 0.400. The zero-order valence-corrected chi connectivity index (χ0v) is 15.6. The lowest BCUT2D eigenvalue weighted by Crippen LogP contribution is -2.56. The summed E-state index contributed by atoms with van der Waals surface area (Å²) in [6.45, 7) is 7.57. The van der Waals surface area contributed by atoms with Crippen molar-refractivity contribution in [1.82, 2.24) is 10.2 Å². The maximum absolute atomic E-state index is 6.32. The second kappa shape index (κ2) is 7.28. The summed E-state index contributed by atoms with van der Waals surface area (Å²) in [7, 11) is 0. The number of anilines is 2. The van der Waals surface area contributed by atoms with E-state index in [0.29, 0.717) is 12.1 Å².